The van der Waals surface area contributed by atoms with Crippen molar-refractivity contribution in [3.8, 4) is 11.3 Å². The molecule has 4 rings (SSSR count). The Labute approximate surface area is 162 Å². The third-order valence-electron chi connectivity index (χ3n) is 4.42. The monoisotopic (exact) mass is 375 g/mol. The summed E-state index contributed by atoms with van der Waals surface area (Å²) in [4.78, 5) is 12.5. The second-order valence-corrected chi connectivity index (χ2v) is 6.62. The number of benzene rings is 1. The van der Waals surface area contributed by atoms with E-state index < -0.39 is 0 Å². The Morgan fingerprint density at radius 3 is 2.64 bits per heavy atom. The number of aryl methyl sites for hydroxylation is 2. The van der Waals surface area contributed by atoms with Crippen molar-refractivity contribution < 1.29 is 4.79 Å². The Bertz CT molecular complexity index is 1090. The number of nitrogens with zero attached hydrogens (tertiary/aromatic N) is 5. The van der Waals surface area contributed by atoms with Gasteiger partial charge in [0, 0.05) is 30.1 Å². The lowest BCUT2D eigenvalue weighted by Crippen LogP contribution is -2.11. The first kappa shape index (κ1) is 17.7. The van der Waals surface area contributed by atoms with Crippen LogP contribution in [0.3, 0.4) is 0 Å². The first-order chi connectivity index (χ1) is 13.6. The lowest BCUT2D eigenvalue weighted by molar-refractivity contribution is 0.102. The number of anilines is 1. The molecule has 0 aliphatic heterocycles. The number of nitrogens with one attached hydrogen (secondary N) is 2. The fourth-order valence-electron chi connectivity index (χ4n) is 2.87. The minimum absolute atomic E-state index is 0.260. The molecule has 0 aliphatic rings. The van der Waals surface area contributed by atoms with Gasteiger partial charge in [-0.25, -0.2) is 0 Å². The van der Waals surface area contributed by atoms with Crippen LogP contribution in [0.25, 0.3) is 11.3 Å². The van der Waals surface area contributed by atoms with Gasteiger partial charge in [0.1, 0.15) is 5.69 Å². The molecule has 3 aromatic heterocycles. The van der Waals surface area contributed by atoms with E-state index in [1.165, 1.54) is 5.56 Å². The first-order valence-corrected chi connectivity index (χ1v) is 9.08. The summed E-state index contributed by atoms with van der Waals surface area (Å²) < 4.78 is 3.63. The predicted molar refractivity (Wildman–Crippen MR) is 106 cm³/mol. The molecule has 0 bridgehead atoms. The Morgan fingerprint density at radius 1 is 1.11 bits per heavy atom. The van der Waals surface area contributed by atoms with Crippen LogP contribution in [0.5, 0.6) is 0 Å². The fraction of sp³-hybridized carbons (Fsp3) is 0.200. The zero-order chi connectivity index (χ0) is 19.5. The summed E-state index contributed by atoms with van der Waals surface area (Å²) in [7, 11) is 0. The molecule has 8 heteroatoms. The van der Waals surface area contributed by atoms with E-state index in [0.717, 1.165) is 23.4 Å². The number of carbonyl (C=O) groups is 1. The van der Waals surface area contributed by atoms with E-state index in [2.05, 4.69) is 25.7 Å². The van der Waals surface area contributed by atoms with Gasteiger partial charge < -0.3 is 5.32 Å². The van der Waals surface area contributed by atoms with E-state index in [4.69, 9.17) is 0 Å². The number of hydrogen-bond donors (Lipinski definition) is 2. The lowest BCUT2D eigenvalue weighted by Gasteiger charge is -2.00. The molecule has 0 aliphatic carbocycles. The van der Waals surface area contributed by atoms with Crippen molar-refractivity contribution >= 4 is 11.6 Å². The van der Waals surface area contributed by atoms with Gasteiger partial charge in [0.15, 0.2) is 0 Å². The third-order valence-corrected chi connectivity index (χ3v) is 4.42. The number of amides is 1. The Balaban J connectivity index is 1.41. The highest BCUT2D eigenvalue weighted by Crippen LogP contribution is 2.19. The molecule has 0 fully saturated rings. The minimum Gasteiger partial charge on any atom is -0.318 e. The molecule has 1 aromatic carbocycles. The molecule has 0 unspecified atom stereocenters. The third kappa shape index (κ3) is 3.85. The molecule has 1 amide bonds. The van der Waals surface area contributed by atoms with Gasteiger partial charge in [0.2, 0.25) is 0 Å². The Hall–Kier alpha value is -3.68. The predicted octanol–water partition coefficient (Wildman–Crippen LogP) is 3.10. The van der Waals surface area contributed by atoms with Crippen molar-refractivity contribution in [2.24, 2.45) is 0 Å². The van der Waals surface area contributed by atoms with Crippen molar-refractivity contribution in [2.75, 3.05) is 5.32 Å². The first-order valence-electron chi connectivity index (χ1n) is 9.08. The van der Waals surface area contributed by atoms with Gasteiger partial charge in [-0.1, -0.05) is 29.8 Å². The quantitative estimate of drug-likeness (QED) is 0.541. The SMILES string of the molecule is CCn1cc(Cn2cc(NC(=O)c3cc(-c4ccc(C)cc4)n[nH]3)cn2)cn1. The van der Waals surface area contributed by atoms with Gasteiger partial charge in [-0.3, -0.25) is 19.3 Å². The summed E-state index contributed by atoms with van der Waals surface area (Å²) in [5.41, 5.74) is 4.94. The molecule has 0 saturated heterocycles. The summed E-state index contributed by atoms with van der Waals surface area (Å²) in [5.74, 6) is -0.260. The maximum Gasteiger partial charge on any atom is 0.273 e. The molecular weight excluding hydrogens is 354 g/mol. The molecule has 142 valence electrons. The van der Waals surface area contributed by atoms with Crippen molar-refractivity contribution in [1.82, 2.24) is 29.8 Å². The zero-order valence-electron chi connectivity index (χ0n) is 15.8. The van der Waals surface area contributed by atoms with E-state index in [9.17, 15) is 4.79 Å². The van der Waals surface area contributed by atoms with Gasteiger partial charge in [-0.05, 0) is 19.9 Å². The second kappa shape index (κ2) is 7.51. The summed E-state index contributed by atoms with van der Waals surface area (Å²) in [6.07, 6.45) is 7.22. The highest BCUT2D eigenvalue weighted by molar-refractivity contribution is 6.03. The maximum atomic E-state index is 12.5. The van der Waals surface area contributed by atoms with Crippen LogP contribution in [0.4, 0.5) is 5.69 Å². The van der Waals surface area contributed by atoms with Crippen molar-refractivity contribution in [3.05, 3.63) is 71.9 Å². The molecule has 4 aromatic rings. The molecule has 28 heavy (non-hydrogen) atoms. The number of carbonyl (C=O) groups excluding carboxylic acids is 1. The van der Waals surface area contributed by atoms with E-state index in [1.807, 2.05) is 55.2 Å². The number of rotatable bonds is 6. The molecule has 8 nitrogen and oxygen atoms in total. The summed E-state index contributed by atoms with van der Waals surface area (Å²) >= 11 is 0. The van der Waals surface area contributed by atoms with E-state index >= 15 is 0 Å². The van der Waals surface area contributed by atoms with Gasteiger partial charge in [0.25, 0.3) is 5.91 Å². The molecular formula is C20H21N7O. The molecule has 0 atom stereocenters. The van der Waals surface area contributed by atoms with Crippen molar-refractivity contribution in [2.45, 2.75) is 26.9 Å². The number of aromatic nitrogens is 6. The highest BCUT2D eigenvalue weighted by Gasteiger charge is 2.12. The van der Waals surface area contributed by atoms with Crippen LogP contribution >= 0.6 is 0 Å². The molecule has 0 saturated carbocycles. The minimum atomic E-state index is -0.260. The van der Waals surface area contributed by atoms with Gasteiger partial charge >= 0.3 is 0 Å². The van der Waals surface area contributed by atoms with E-state index in [-0.39, 0.29) is 5.91 Å². The molecule has 3 heterocycles. The standard InChI is InChI=1S/C20H21N7O/c1-3-26-11-15(9-21-26)12-27-13-17(10-22-27)23-20(28)19-8-18(24-25-19)16-6-4-14(2)5-7-16/h4-11,13H,3,12H2,1-2H3,(H,23,28)(H,24,25). The van der Waals surface area contributed by atoms with Gasteiger partial charge in [-0.2, -0.15) is 15.3 Å². The largest absolute Gasteiger partial charge is 0.318 e. The lowest BCUT2D eigenvalue weighted by atomic mass is 10.1. The van der Waals surface area contributed by atoms with Crippen molar-refractivity contribution in [1.29, 1.82) is 0 Å². The van der Waals surface area contributed by atoms with Crippen LogP contribution in [0, 0.1) is 6.92 Å². The highest BCUT2D eigenvalue weighted by atomic mass is 16.1. The van der Waals surface area contributed by atoms with Crippen LogP contribution in [-0.4, -0.2) is 35.7 Å². The molecule has 2 N–H and O–H groups in total. The van der Waals surface area contributed by atoms with E-state index in [0.29, 0.717) is 17.9 Å². The zero-order valence-corrected chi connectivity index (χ0v) is 15.8. The van der Waals surface area contributed by atoms with Crippen LogP contribution < -0.4 is 5.32 Å². The number of hydrogen-bond acceptors (Lipinski definition) is 4. The summed E-state index contributed by atoms with van der Waals surface area (Å²) in [6.45, 7) is 5.49. The summed E-state index contributed by atoms with van der Waals surface area (Å²) in [5, 5.41) is 18.4. The van der Waals surface area contributed by atoms with Gasteiger partial charge in [-0.15, -0.1) is 0 Å². The van der Waals surface area contributed by atoms with Crippen LogP contribution in [0.1, 0.15) is 28.5 Å². The van der Waals surface area contributed by atoms with Gasteiger partial charge in [0.05, 0.1) is 30.3 Å². The fourth-order valence-corrected chi connectivity index (χ4v) is 2.87. The van der Waals surface area contributed by atoms with Crippen molar-refractivity contribution in [3.63, 3.8) is 0 Å². The summed E-state index contributed by atoms with van der Waals surface area (Å²) in [6, 6.07) is 9.74. The molecule has 0 spiro atoms. The number of H-pyrrole nitrogens is 1. The Kier molecular flexibility index (Phi) is 4.76. The molecule has 0 radical (unpaired) electrons. The number of aromatic amines is 1. The average molecular weight is 375 g/mol. The Morgan fingerprint density at radius 2 is 1.89 bits per heavy atom. The maximum absolute atomic E-state index is 12.5. The second-order valence-electron chi connectivity index (χ2n) is 6.62. The average Bonchev–Trinajstić information content (AvgIpc) is 3.43. The van der Waals surface area contributed by atoms with Crippen LogP contribution in [0.15, 0.2) is 55.1 Å². The van der Waals surface area contributed by atoms with Crippen LogP contribution in [0.2, 0.25) is 0 Å². The van der Waals surface area contributed by atoms with Crippen LogP contribution in [-0.2, 0) is 13.1 Å². The van der Waals surface area contributed by atoms with E-state index in [1.54, 1.807) is 23.1 Å². The topological polar surface area (TPSA) is 93.4 Å². The normalized spacial score (nSPS) is 10.9. The smallest absolute Gasteiger partial charge is 0.273 e.